The van der Waals surface area contributed by atoms with Crippen LogP contribution < -0.4 is 4.90 Å². The van der Waals surface area contributed by atoms with Gasteiger partial charge in [0.15, 0.2) is 10.8 Å². The van der Waals surface area contributed by atoms with Crippen molar-refractivity contribution < 1.29 is 4.79 Å². The second-order valence-electron chi connectivity index (χ2n) is 7.82. The molecule has 5 rings (SSSR count). The van der Waals surface area contributed by atoms with E-state index in [1.807, 2.05) is 43.0 Å². The standard InChI is InChI=1S/C22H23N7OS/c1-14-6-7-18(15(2)13-14)29-25-16(3)19(26-29)21(30)27-9-11-28(12-10-27)22-24-17-5-4-8-23-20(17)31-22/h4-8,13H,9-12H2,1-3H3. The molecule has 8 nitrogen and oxygen atoms in total. The number of aryl methyl sites for hydroxylation is 3. The van der Waals surface area contributed by atoms with Gasteiger partial charge in [-0.25, -0.2) is 9.97 Å². The van der Waals surface area contributed by atoms with Crippen LogP contribution in [-0.2, 0) is 0 Å². The van der Waals surface area contributed by atoms with E-state index in [-0.39, 0.29) is 5.91 Å². The van der Waals surface area contributed by atoms with Crippen molar-refractivity contribution in [3.05, 3.63) is 59.0 Å². The highest BCUT2D eigenvalue weighted by Gasteiger charge is 2.27. The number of pyridine rings is 1. The topological polar surface area (TPSA) is 80.0 Å². The summed E-state index contributed by atoms with van der Waals surface area (Å²) in [7, 11) is 0. The molecule has 1 aliphatic rings. The van der Waals surface area contributed by atoms with E-state index < -0.39 is 0 Å². The summed E-state index contributed by atoms with van der Waals surface area (Å²) < 4.78 is 0. The summed E-state index contributed by atoms with van der Waals surface area (Å²) >= 11 is 1.59. The Bertz CT molecular complexity index is 1240. The average Bonchev–Trinajstić information content (AvgIpc) is 3.37. The zero-order valence-electron chi connectivity index (χ0n) is 17.7. The lowest BCUT2D eigenvalue weighted by molar-refractivity contribution is 0.0739. The molecule has 0 bridgehead atoms. The van der Waals surface area contributed by atoms with Crippen LogP contribution >= 0.6 is 11.3 Å². The normalized spacial score (nSPS) is 14.4. The Morgan fingerprint density at radius 2 is 1.84 bits per heavy atom. The van der Waals surface area contributed by atoms with Gasteiger partial charge in [0.05, 0.1) is 11.4 Å². The summed E-state index contributed by atoms with van der Waals surface area (Å²) in [6, 6.07) is 9.98. The molecule has 0 N–H and O–H groups in total. The maximum Gasteiger partial charge on any atom is 0.276 e. The monoisotopic (exact) mass is 433 g/mol. The number of amides is 1. The second kappa shape index (κ2) is 7.73. The highest BCUT2D eigenvalue weighted by atomic mass is 32.1. The maximum atomic E-state index is 13.2. The highest BCUT2D eigenvalue weighted by molar-refractivity contribution is 7.21. The smallest absolute Gasteiger partial charge is 0.276 e. The zero-order chi connectivity index (χ0) is 21.5. The average molecular weight is 434 g/mol. The van der Waals surface area contributed by atoms with Gasteiger partial charge in [0.25, 0.3) is 5.91 Å². The van der Waals surface area contributed by atoms with Crippen LogP contribution in [0.3, 0.4) is 0 Å². The van der Waals surface area contributed by atoms with Crippen LogP contribution in [0.4, 0.5) is 5.13 Å². The fourth-order valence-electron chi connectivity index (χ4n) is 3.86. The van der Waals surface area contributed by atoms with Crippen LogP contribution in [0, 0.1) is 20.8 Å². The zero-order valence-corrected chi connectivity index (χ0v) is 18.6. The van der Waals surface area contributed by atoms with E-state index >= 15 is 0 Å². The van der Waals surface area contributed by atoms with Crippen LogP contribution in [0.1, 0.15) is 27.3 Å². The van der Waals surface area contributed by atoms with Crippen molar-refractivity contribution in [2.45, 2.75) is 20.8 Å². The molecule has 0 atom stereocenters. The van der Waals surface area contributed by atoms with Crippen molar-refractivity contribution >= 4 is 32.7 Å². The Labute approximate surface area is 184 Å². The molecule has 9 heteroatoms. The van der Waals surface area contributed by atoms with Crippen molar-refractivity contribution in [1.29, 1.82) is 0 Å². The van der Waals surface area contributed by atoms with E-state index in [9.17, 15) is 4.79 Å². The highest BCUT2D eigenvalue weighted by Crippen LogP contribution is 2.28. The number of thiazole rings is 1. The first-order valence-corrected chi connectivity index (χ1v) is 11.1. The van der Waals surface area contributed by atoms with Gasteiger partial charge in [-0.2, -0.15) is 9.90 Å². The maximum absolute atomic E-state index is 13.2. The summed E-state index contributed by atoms with van der Waals surface area (Å²) in [5.74, 6) is -0.0702. The van der Waals surface area contributed by atoms with E-state index in [0.717, 1.165) is 39.8 Å². The summed E-state index contributed by atoms with van der Waals surface area (Å²) in [6.07, 6.45) is 1.79. The SMILES string of the molecule is Cc1ccc(-n2nc(C)c(C(=O)N3CCN(c4nc5cccnc5s4)CC3)n2)c(C)c1. The lowest BCUT2D eigenvalue weighted by Gasteiger charge is -2.34. The molecule has 1 amide bonds. The minimum atomic E-state index is -0.0702. The number of carbonyl (C=O) groups excluding carboxylic acids is 1. The first kappa shape index (κ1) is 19.6. The molecule has 158 valence electrons. The molecule has 1 saturated heterocycles. The molecule has 0 saturated carbocycles. The molecular formula is C22H23N7OS. The Balaban J connectivity index is 1.31. The lowest BCUT2D eigenvalue weighted by Crippen LogP contribution is -2.49. The van der Waals surface area contributed by atoms with Gasteiger partial charge < -0.3 is 9.80 Å². The summed E-state index contributed by atoms with van der Waals surface area (Å²) in [6.45, 7) is 8.63. The van der Waals surface area contributed by atoms with E-state index in [1.165, 1.54) is 5.56 Å². The third-order valence-corrected chi connectivity index (χ3v) is 6.58. The molecule has 1 fully saturated rings. The predicted molar refractivity (Wildman–Crippen MR) is 121 cm³/mol. The summed E-state index contributed by atoms with van der Waals surface area (Å²) in [5, 5.41) is 10.00. The summed E-state index contributed by atoms with van der Waals surface area (Å²) in [5.41, 5.74) is 5.13. The van der Waals surface area contributed by atoms with Crippen LogP contribution in [0.5, 0.6) is 0 Å². The molecule has 0 spiro atoms. The molecule has 0 aliphatic carbocycles. The number of fused-ring (bicyclic) bond motifs is 1. The number of aromatic nitrogens is 5. The number of nitrogens with zero attached hydrogens (tertiary/aromatic N) is 7. The van der Waals surface area contributed by atoms with Crippen molar-refractivity contribution in [1.82, 2.24) is 29.9 Å². The second-order valence-corrected chi connectivity index (χ2v) is 8.77. The van der Waals surface area contributed by atoms with Gasteiger partial charge in [-0.15, -0.1) is 5.10 Å². The van der Waals surface area contributed by atoms with Gasteiger partial charge in [-0.3, -0.25) is 4.79 Å². The van der Waals surface area contributed by atoms with Crippen molar-refractivity contribution in [3.63, 3.8) is 0 Å². The Hall–Kier alpha value is -3.33. The molecule has 4 aromatic rings. The number of hydrogen-bond acceptors (Lipinski definition) is 7. The van der Waals surface area contributed by atoms with Crippen molar-refractivity contribution in [3.8, 4) is 5.69 Å². The number of anilines is 1. The van der Waals surface area contributed by atoms with Gasteiger partial charge in [0.1, 0.15) is 10.3 Å². The Morgan fingerprint density at radius 3 is 2.58 bits per heavy atom. The van der Waals surface area contributed by atoms with Crippen LogP contribution in [0.2, 0.25) is 0 Å². The van der Waals surface area contributed by atoms with Gasteiger partial charge in [-0.1, -0.05) is 29.0 Å². The van der Waals surface area contributed by atoms with Gasteiger partial charge in [-0.05, 0) is 44.5 Å². The number of piperazine rings is 1. The van der Waals surface area contributed by atoms with Gasteiger partial charge in [0, 0.05) is 32.4 Å². The number of rotatable bonds is 3. The molecular weight excluding hydrogens is 410 g/mol. The quantitative estimate of drug-likeness (QED) is 0.494. The number of carbonyl (C=O) groups is 1. The van der Waals surface area contributed by atoms with Crippen LogP contribution in [-0.4, -0.2) is 61.9 Å². The minimum Gasteiger partial charge on any atom is -0.344 e. The van der Waals surface area contributed by atoms with E-state index in [2.05, 4.69) is 38.1 Å². The van der Waals surface area contributed by atoms with E-state index in [0.29, 0.717) is 24.5 Å². The fraction of sp³-hybridized carbons (Fsp3) is 0.318. The Kier molecular flexibility index (Phi) is 4.90. The first-order chi connectivity index (χ1) is 15.0. The van der Waals surface area contributed by atoms with Gasteiger partial charge >= 0.3 is 0 Å². The van der Waals surface area contributed by atoms with Crippen molar-refractivity contribution in [2.24, 2.45) is 0 Å². The molecule has 0 unspecified atom stereocenters. The molecule has 31 heavy (non-hydrogen) atoms. The van der Waals surface area contributed by atoms with E-state index in [4.69, 9.17) is 0 Å². The molecule has 0 radical (unpaired) electrons. The van der Waals surface area contributed by atoms with Gasteiger partial charge in [0.2, 0.25) is 0 Å². The molecule has 3 aromatic heterocycles. The third-order valence-electron chi connectivity index (χ3n) is 5.55. The Morgan fingerprint density at radius 1 is 1.03 bits per heavy atom. The number of hydrogen-bond donors (Lipinski definition) is 0. The third kappa shape index (κ3) is 3.65. The molecule has 1 aromatic carbocycles. The van der Waals surface area contributed by atoms with Crippen molar-refractivity contribution in [2.75, 3.05) is 31.1 Å². The van der Waals surface area contributed by atoms with E-state index in [1.54, 1.807) is 22.3 Å². The predicted octanol–water partition coefficient (Wildman–Crippen LogP) is 3.16. The molecule has 4 heterocycles. The van der Waals surface area contributed by atoms with Crippen LogP contribution in [0.15, 0.2) is 36.5 Å². The molecule has 1 aliphatic heterocycles. The van der Waals surface area contributed by atoms with Crippen LogP contribution in [0.25, 0.3) is 16.0 Å². The largest absolute Gasteiger partial charge is 0.344 e. The first-order valence-electron chi connectivity index (χ1n) is 10.3. The lowest BCUT2D eigenvalue weighted by atomic mass is 10.1. The fourth-order valence-corrected chi connectivity index (χ4v) is 4.82. The summed E-state index contributed by atoms with van der Waals surface area (Å²) in [4.78, 5) is 28.8. The number of benzene rings is 1. The minimum absolute atomic E-state index is 0.0702.